The number of hydrogen-bond acceptors (Lipinski definition) is 2. The second-order valence-electron chi connectivity index (χ2n) is 2.95. The molecule has 1 rings (SSSR count). The SMILES string of the molecule is CC(O)/C=C/c1ccc(F)c(C#N)c1. The van der Waals surface area contributed by atoms with Gasteiger partial charge in [0.1, 0.15) is 11.9 Å². The zero-order valence-corrected chi connectivity index (χ0v) is 7.74. The molecule has 0 aliphatic carbocycles. The van der Waals surface area contributed by atoms with Crippen molar-refractivity contribution in [2.24, 2.45) is 0 Å². The minimum absolute atomic E-state index is 0.0118. The fraction of sp³-hybridized carbons (Fsp3) is 0.182. The Morgan fingerprint density at radius 2 is 2.29 bits per heavy atom. The van der Waals surface area contributed by atoms with Crippen LogP contribution in [0.25, 0.3) is 6.08 Å². The Labute approximate surface area is 81.9 Å². The van der Waals surface area contributed by atoms with Crippen LogP contribution in [0, 0.1) is 17.1 Å². The first-order valence-corrected chi connectivity index (χ1v) is 4.19. The molecule has 14 heavy (non-hydrogen) atoms. The molecule has 0 spiro atoms. The summed E-state index contributed by atoms with van der Waals surface area (Å²) in [7, 11) is 0. The van der Waals surface area contributed by atoms with E-state index in [1.165, 1.54) is 12.1 Å². The predicted octanol–water partition coefficient (Wildman–Crippen LogP) is 2.09. The molecule has 1 aromatic carbocycles. The second kappa shape index (κ2) is 4.54. The van der Waals surface area contributed by atoms with Gasteiger partial charge in [0.05, 0.1) is 11.7 Å². The molecule has 1 aromatic rings. The van der Waals surface area contributed by atoms with Gasteiger partial charge in [0.2, 0.25) is 0 Å². The molecule has 0 aliphatic rings. The lowest BCUT2D eigenvalue weighted by molar-refractivity contribution is 0.245. The average molecular weight is 191 g/mol. The molecule has 1 unspecified atom stereocenters. The largest absolute Gasteiger partial charge is 0.389 e. The summed E-state index contributed by atoms with van der Waals surface area (Å²) in [5, 5.41) is 17.5. The summed E-state index contributed by atoms with van der Waals surface area (Å²) in [6, 6.07) is 5.98. The predicted molar refractivity (Wildman–Crippen MR) is 51.8 cm³/mol. The van der Waals surface area contributed by atoms with Crippen LogP contribution < -0.4 is 0 Å². The van der Waals surface area contributed by atoms with Gasteiger partial charge in [-0.05, 0) is 24.6 Å². The van der Waals surface area contributed by atoms with Gasteiger partial charge >= 0.3 is 0 Å². The van der Waals surface area contributed by atoms with Gasteiger partial charge in [-0.1, -0.05) is 18.2 Å². The topological polar surface area (TPSA) is 44.0 Å². The summed E-state index contributed by atoms with van der Waals surface area (Å²) >= 11 is 0. The maximum atomic E-state index is 12.9. The number of rotatable bonds is 2. The van der Waals surface area contributed by atoms with Crippen molar-refractivity contribution in [2.75, 3.05) is 0 Å². The second-order valence-corrected chi connectivity index (χ2v) is 2.95. The van der Waals surface area contributed by atoms with E-state index < -0.39 is 11.9 Å². The van der Waals surface area contributed by atoms with Gasteiger partial charge in [-0.15, -0.1) is 0 Å². The van der Waals surface area contributed by atoms with Crippen molar-refractivity contribution in [2.45, 2.75) is 13.0 Å². The highest BCUT2D eigenvalue weighted by atomic mass is 19.1. The molecule has 3 heteroatoms. The van der Waals surface area contributed by atoms with Gasteiger partial charge in [-0.2, -0.15) is 5.26 Å². The van der Waals surface area contributed by atoms with Crippen molar-refractivity contribution >= 4 is 6.08 Å². The van der Waals surface area contributed by atoms with Crippen LogP contribution in [0.4, 0.5) is 4.39 Å². The molecule has 0 amide bonds. The number of benzene rings is 1. The van der Waals surface area contributed by atoms with Gasteiger partial charge in [0.15, 0.2) is 0 Å². The molecule has 0 saturated carbocycles. The Kier molecular flexibility index (Phi) is 3.38. The Bertz CT molecular complexity index is 391. The minimum atomic E-state index is -0.550. The zero-order valence-electron chi connectivity index (χ0n) is 7.74. The first-order valence-electron chi connectivity index (χ1n) is 4.19. The van der Waals surface area contributed by atoms with Gasteiger partial charge in [-0.3, -0.25) is 0 Å². The van der Waals surface area contributed by atoms with Crippen LogP contribution in [0.5, 0.6) is 0 Å². The normalized spacial score (nSPS) is 12.7. The molecule has 0 aliphatic heterocycles. The minimum Gasteiger partial charge on any atom is -0.389 e. The van der Waals surface area contributed by atoms with E-state index >= 15 is 0 Å². The van der Waals surface area contributed by atoms with Gasteiger partial charge in [0.25, 0.3) is 0 Å². The molecule has 2 nitrogen and oxygen atoms in total. The van der Waals surface area contributed by atoms with Crippen LogP contribution in [0.1, 0.15) is 18.1 Å². The van der Waals surface area contributed by atoms with Crippen LogP contribution in [0.15, 0.2) is 24.3 Å². The maximum Gasteiger partial charge on any atom is 0.140 e. The van der Waals surface area contributed by atoms with Crippen LogP contribution in [-0.4, -0.2) is 11.2 Å². The lowest BCUT2D eigenvalue weighted by Gasteiger charge is -1.97. The van der Waals surface area contributed by atoms with E-state index in [4.69, 9.17) is 10.4 Å². The summed E-state index contributed by atoms with van der Waals surface area (Å²) < 4.78 is 12.9. The molecule has 72 valence electrons. The van der Waals surface area contributed by atoms with Crippen molar-refractivity contribution < 1.29 is 9.50 Å². The number of aliphatic hydroxyl groups excluding tert-OH is 1. The summed E-state index contributed by atoms with van der Waals surface area (Å²) in [5.41, 5.74) is 0.710. The molecule has 0 bridgehead atoms. The Balaban J connectivity index is 2.97. The maximum absolute atomic E-state index is 12.9. The monoisotopic (exact) mass is 191 g/mol. The Morgan fingerprint density at radius 3 is 2.86 bits per heavy atom. The van der Waals surface area contributed by atoms with E-state index in [0.29, 0.717) is 5.56 Å². The lowest BCUT2D eigenvalue weighted by atomic mass is 10.1. The summed E-state index contributed by atoms with van der Waals surface area (Å²) in [5.74, 6) is -0.526. The highest BCUT2D eigenvalue weighted by molar-refractivity contribution is 5.52. The van der Waals surface area contributed by atoms with E-state index in [9.17, 15) is 4.39 Å². The Morgan fingerprint density at radius 1 is 1.57 bits per heavy atom. The average Bonchev–Trinajstić information content (AvgIpc) is 2.16. The van der Waals surface area contributed by atoms with Crippen LogP contribution in [0.3, 0.4) is 0 Å². The number of aliphatic hydroxyl groups is 1. The number of hydrogen-bond donors (Lipinski definition) is 1. The van der Waals surface area contributed by atoms with Gasteiger partial charge < -0.3 is 5.11 Å². The molecule has 0 aromatic heterocycles. The molecule has 0 saturated heterocycles. The summed E-state index contributed by atoms with van der Waals surface area (Å²) in [6.45, 7) is 1.62. The quantitative estimate of drug-likeness (QED) is 0.777. The van der Waals surface area contributed by atoms with Crippen molar-refractivity contribution in [3.8, 4) is 6.07 Å². The third-order valence-electron chi connectivity index (χ3n) is 1.68. The van der Waals surface area contributed by atoms with E-state index in [2.05, 4.69) is 0 Å². The van der Waals surface area contributed by atoms with E-state index in [0.717, 1.165) is 0 Å². The van der Waals surface area contributed by atoms with Crippen molar-refractivity contribution in [1.29, 1.82) is 5.26 Å². The lowest BCUT2D eigenvalue weighted by Crippen LogP contribution is -1.91. The third-order valence-corrected chi connectivity index (χ3v) is 1.68. The van der Waals surface area contributed by atoms with Crippen LogP contribution >= 0.6 is 0 Å². The molecule has 0 radical (unpaired) electrons. The molecule has 0 fully saturated rings. The van der Waals surface area contributed by atoms with Crippen molar-refractivity contribution in [3.63, 3.8) is 0 Å². The molecule has 0 heterocycles. The first kappa shape index (κ1) is 10.4. The number of nitrogens with zero attached hydrogens (tertiary/aromatic N) is 1. The fourth-order valence-electron chi connectivity index (χ4n) is 0.983. The highest BCUT2D eigenvalue weighted by Gasteiger charge is 2.00. The van der Waals surface area contributed by atoms with Crippen molar-refractivity contribution in [3.05, 3.63) is 41.2 Å². The van der Waals surface area contributed by atoms with E-state index in [-0.39, 0.29) is 5.56 Å². The van der Waals surface area contributed by atoms with Gasteiger partial charge in [0, 0.05) is 0 Å². The third kappa shape index (κ3) is 2.68. The van der Waals surface area contributed by atoms with E-state index in [1.54, 1.807) is 31.2 Å². The molecule has 1 atom stereocenters. The highest BCUT2D eigenvalue weighted by Crippen LogP contribution is 2.11. The Hall–Kier alpha value is -1.66. The fourth-order valence-corrected chi connectivity index (χ4v) is 0.983. The summed E-state index contributed by atoms with van der Waals surface area (Å²) in [6.07, 6.45) is 2.66. The van der Waals surface area contributed by atoms with Crippen LogP contribution in [0.2, 0.25) is 0 Å². The van der Waals surface area contributed by atoms with E-state index in [1.807, 2.05) is 0 Å². The van der Waals surface area contributed by atoms with Crippen molar-refractivity contribution in [1.82, 2.24) is 0 Å². The van der Waals surface area contributed by atoms with Gasteiger partial charge in [-0.25, -0.2) is 4.39 Å². The standard InChI is InChI=1S/C11H10FNO/c1-8(14)2-3-9-4-5-11(12)10(6-9)7-13/h2-6,8,14H,1H3/b3-2+. The van der Waals surface area contributed by atoms with Crippen LogP contribution in [-0.2, 0) is 0 Å². The molecule has 1 N–H and O–H groups in total. The molecular formula is C11H10FNO. The zero-order chi connectivity index (χ0) is 10.6. The smallest absolute Gasteiger partial charge is 0.140 e. The number of nitriles is 1. The number of halogens is 1. The summed E-state index contributed by atoms with van der Waals surface area (Å²) in [4.78, 5) is 0. The molecular weight excluding hydrogens is 181 g/mol. The first-order chi connectivity index (χ1) is 6.63.